The van der Waals surface area contributed by atoms with Gasteiger partial charge in [-0.2, -0.15) is 0 Å². The molecular formula is C10H17NO3. The molecule has 1 aliphatic rings. The summed E-state index contributed by atoms with van der Waals surface area (Å²) in [6, 6.07) is -0.449. The van der Waals surface area contributed by atoms with Crippen LogP contribution in [0, 0.1) is 0 Å². The van der Waals surface area contributed by atoms with Gasteiger partial charge in [-0.15, -0.1) is 0 Å². The van der Waals surface area contributed by atoms with E-state index in [1.54, 1.807) is 0 Å². The third-order valence-electron chi connectivity index (χ3n) is 1.92. The molecule has 0 unspecified atom stereocenters. The maximum absolute atomic E-state index is 11.5. The zero-order valence-corrected chi connectivity index (χ0v) is 8.92. The number of rotatable bonds is 1. The Balaban J connectivity index is 2.48. The van der Waals surface area contributed by atoms with Crippen LogP contribution in [0.3, 0.4) is 0 Å². The van der Waals surface area contributed by atoms with Crippen LogP contribution < -0.4 is 5.32 Å². The first-order valence-electron chi connectivity index (χ1n) is 4.91. The maximum atomic E-state index is 11.5. The van der Waals surface area contributed by atoms with Crippen LogP contribution in [0.15, 0.2) is 0 Å². The first-order valence-corrected chi connectivity index (χ1v) is 4.91. The minimum absolute atomic E-state index is 0.0629. The van der Waals surface area contributed by atoms with Crippen LogP contribution in [0.2, 0.25) is 0 Å². The van der Waals surface area contributed by atoms with Crippen molar-refractivity contribution >= 4 is 11.9 Å². The molecule has 1 amide bonds. The molecule has 0 aromatic rings. The monoisotopic (exact) mass is 199 g/mol. The number of ether oxygens (including phenoxy) is 1. The average Bonchev–Trinajstić information content (AvgIpc) is 2.01. The fourth-order valence-corrected chi connectivity index (χ4v) is 1.36. The van der Waals surface area contributed by atoms with Crippen LogP contribution in [0.1, 0.15) is 40.0 Å². The summed E-state index contributed by atoms with van der Waals surface area (Å²) < 4.78 is 5.17. The highest BCUT2D eigenvalue weighted by Gasteiger charge is 2.28. The van der Waals surface area contributed by atoms with Gasteiger partial charge in [-0.25, -0.2) is 4.79 Å². The van der Waals surface area contributed by atoms with Crippen molar-refractivity contribution in [2.24, 2.45) is 0 Å². The van der Waals surface area contributed by atoms with E-state index in [9.17, 15) is 9.59 Å². The van der Waals surface area contributed by atoms with Crippen molar-refractivity contribution in [3.63, 3.8) is 0 Å². The Bertz CT molecular complexity index is 242. The van der Waals surface area contributed by atoms with E-state index in [4.69, 9.17) is 4.74 Å². The fourth-order valence-electron chi connectivity index (χ4n) is 1.36. The van der Waals surface area contributed by atoms with E-state index < -0.39 is 11.6 Å². The summed E-state index contributed by atoms with van der Waals surface area (Å²) in [4.78, 5) is 22.5. The predicted molar refractivity (Wildman–Crippen MR) is 51.6 cm³/mol. The van der Waals surface area contributed by atoms with Crippen LogP contribution in [0.5, 0.6) is 0 Å². The van der Waals surface area contributed by atoms with Crippen LogP contribution >= 0.6 is 0 Å². The first kappa shape index (κ1) is 11.0. The van der Waals surface area contributed by atoms with Crippen LogP contribution in [-0.4, -0.2) is 23.5 Å². The molecule has 1 atom stereocenters. The number of nitrogens with one attached hydrogen (secondary N) is 1. The normalized spacial score (nSPS) is 22.8. The Morgan fingerprint density at radius 2 is 2.14 bits per heavy atom. The quantitative estimate of drug-likeness (QED) is 0.641. The predicted octanol–water partition coefficient (Wildman–Crippen LogP) is 0.997. The van der Waals surface area contributed by atoms with Gasteiger partial charge in [-0.05, 0) is 33.6 Å². The Hall–Kier alpha value is -1.06. The van der Waals surface area contributed by atoms with Gasteiger partial charge in [0, 0.05) is 6.42 Å². The molecule has 1 saturated heterocycles. The second kappa shape index (κ2) is 3.98. The van der Waals surface area contributed by atoms with E-state index in [1.165, 1.54) is 0 Å². The second-order valence-electron chi connectivity index (χ2n) is 4.55. The highest BCUT2D eigenvalue weighted by atomic mass is 16.6. The molecule has 1 N–H and O–H groups in total. The number of amides is 1. The van der Waals surface area contributed by atoms with Crippen LogP contribution in [0.25, 0.3) is 0 Å². The largest absolute Gasteiger partial charge is 0.458 e. The summed E-state index contributed by atoms with van der Waals surface area (Å²) >= 11 is 0. The van der Waals surface area contributed by atoms with E-state index >= 15 is 0 Å². The van der Waals surface area contributed by atoms with Gasteiger partial charge in [0.25, 0.3) is 0 Å². The van der Waals surface area contributed by atoms with Gasteiger partial charge in [0.1, 0.15) is 11.6 Å². The topological polar surface area (TPSA) is 55.4 Å². The SMILES string of the molecule is CC(C)(C)OC(=O)[C@H]1CCCC(=O)N1. The molecule has 0 spiro atoms. The van der Waals surface area contributed by atoms with Crippen molar-refractivity contribution in [2.75, 3.05) is 0 Å². The van der Waals surface area contributed by atoms with Crippen molar-refractivity contribution in [3.8, 4) is 0 Å². The lowest BCUT2D eigenvalue weighted by atomic mass is 10.0. The summed E-state index contributed by atoms with van der Waals surface area (Å²) in [6.45, 7) is 5.45. The summed E-state index contributed by atoms with van der Waals surface area (Å²) in [7, 11) is 0. The van der Waals surface area contributed by atoms with Crippen LogP contribution in [-0.2, 0) is 14.3 Å². The molecule has 0 bridgehead atoms. The first-order chi connectivity index (χ1) is 6.38. The molecule has 0 saturated carbocycles. The van der Waals surface area contributed by atoms with Crippen LogP contribution in [0.4, 0.5) is 0 Å². The van der Waals surface area contributed by atoms with E-state index in [0.29, 0.717) is 12.8 Å². The molecule has 0 aromatic heterocycles. The average molecular weight is 199 g/mol. The highest BCUT2D eigenvalue weighted by Crippen LogP contribution is 2.14. The lowest BCUT2D eigenvalue weighted by molar-refractivity contribution is -0.159. The van der Waals surface area contributed by atoms with Crippen molar-refractivity contribution < 1.29 is 14.3 Å². The van der Waals surface area contributed by atoms with Crippen molar-refractivity contribution in [1.29, 1.82) is 0 Å². The van der Waals surface area contributed by atoms with Gasteiger partial charge in [-0.3, -0.25) is 4.79 Å². The summed E-state index contributed by atoms with van der Waals surface area (Å²) in [5, 5.41) is 2.63. The smallest absolute Gasteiger partial charge is 0.329 e. The number of piperidine rings is 1. The Morgan fingerprint density at radius 3 is 2.64 bits per heavy atom. The van der Waals surface area contributed by atoms with Gasteiger partial charge in [-0.1, -0.05) is 0 Å². The number of carbonyl (C=O) groups is 2. The van der Waals surface area contributed by atoms with E-state index in [1.807, 2.05) is 20.8 Å². The molecule has 0 aromatic carbocycles. The molecule has 1 heterocycles. The highest BCUT2D eigenvalue weighted by molar-refractivity contribution is 5.85. The number of hydrogen-bond donors (Lipinski definition) is 1. The minimum Gasteiger partial charge on any atom is -0.458 e. The Morgan fingerprint density at radius 1 is 1.50 bits per heavy atom. The van der Waals surface area contributed by atoms with Gasteiger partial charge < -0.3 is 10.1 Å². The summed E-state index contributed by atoms with van der Waals surface area (Å²) in [6.07, 6.45) is 1.95. The second-order valence-corrected chi connectivity index (χ2v) is 4.55. The lowest BCUT2D eigenvalue weighted by Crippen LogP contribution is -2.46. The third kappa shape index (κ3) is 3.36. The molecule has 4 nitrogen and oxygen atoms in total. The number of hydrogen-bond acceptors (Lipinski definition) is 3. The molecular weight excluding hydrogens is 182 g/mol. The minimum atomic E-state index is -0.487. The van der Waals surface area contributed by atoms with E-state index in [2.05, 4.69) is 5.32 Å². The Labute approximate surface area is 84.0 Å². The zero-order valence-electron chi connectivity index (χ0n) is 8.92. The molecule has 1 fully saturated rings. The maximum Gasteiger partial charge on any atom is 0.329 e. The standard InChI is InChI=1S/C10H17NO3/c1-10(2,3)14-9(13)7-5-4-6-8(12)11-7/h7H,4-6H2,1-3H3,(H,11,12)/t7-/m1/s1. The molecule has 14 heavy (non-hydrogen) atoms. The summed E-state index contributed by atoms with van der Waals surface area (Å²) in [5.74, 6) is -0.391. The molecule has 0 radical (unpaired) electrons. The van der Waals surface area contributed by atoms with Crippen molar-refractivity contribution in [3.05, 3.63) is 0 Å². The zero-order chi connectivity index (χ0) is 10.8. The lowest BCUT2D eigenvalue weighted by Gasteiger charge is -2.26. The molecule has 4 heteroatoms. The fraction of sp³-hybridized carbons (Fsp3) is 0.800. The molecule has 1 rings (SSSR count). The number of carbonyl (C=O) groups excluding carboxylic acids is 2. The van der Waals surface area contributed by atoms with E-state index in [0.717, 1.165) is 6.42 Å². The van der Waals surface area contributed by atoms with Crippen molar-refractivity contribution in [1.82, 2.24) is 5.32 Å². The Kier molecular flexibility index (Phi) is 3.13. The third-order valence-corrected chi connectivity index (χ3v) is 1.92. The van der Waals surface area contributed by atoms with Gasteiger partial charge in [0.15, 0.2) is 0 Å². The summed E-state index contributed by atoms with van der Waals surface area (Å²) in [5.41, 5.74) is -0.487. The number of esters is 1. The molecule has 0 aliphatic carbocycles. The molecule has 80 valence electrons. The van der Waals surface area contributed by atoms with Crippen molar-refractivity contribution in [2.45, 2.75) is 51.7 Å². The molecule has 1 aliphatic heterocycles. The van der Waals surface area contributed by atoms with E-state index in [-0.39, 0.29) is 11.9 Å². The van der Waals surface area contributed by atoms with Gasteiger partial charge in [0.05, 0.1) is 0 Å². The van der Waals surface area contributed by atoms with Gasteiger partial charge >= 0.3 is 5.97 Å². The van der Waals surface area contributed by atoms with Gasteiger partial charge in [0.2, 0.25) is 5.91 Å².